The minimum atomic E-state index is 0.831. The molecule has 0 aromatic heterocycles. The molecule has 100 valence electrons. The summed E-state index contributed by atoms with van der Waals surface area (Å²) in [4.78, 5) is 0. The van der Waals surface area contributed by atoms with Gasteiger partial charge in [0, 0.05) is 5.75 Å². The molecule has 0 saturated carbocycles. The summed E-state index contributed by atoms with van der Waals surface area (Å²) in [6.45, 7) is 0. The number of benzene rings is 2. The van der Waals surface area contributed by atoms with Gasteiger partial charge >= 0.3 is 0 Å². The predicted octanol–water partition coefficient (Wildman–Crippen LogP) is 5.07. The zero-order chi connectivity index (χ0) is 13.3. The van der Waals surface area contributed by atoms with E-state index in [4.69, 9.17) is 0 Å². The number of thiol groups is 1. The Balaban J connectivity index is 1.63. The van der Waals surface area contributed by atoms with Crippen LogP contribution in [0.3, 0.4) is 0 Å². The molecule has 1 heteroatoms. The van der Waals surface area contributed by atoms with Crippen molar-refractivity contribution in [3.8, 4) is 0 Å². The van der Waals surface area contributed by atoms with E-state index in [1.54, 1.807) is 0 Å². The number of unbranched alkanes of at least 4 members (excludes halogenated alkanes) is 2. The Hall–Kier alpha value is -1.21. The average Bonchev–Trinajstić information content (AvgIpc) is 2.49. The van der Waals surface area contributed by atoms with Crippen LogP contribution in [0.15, 0.2) is 54.6 Å². The number of rotatable bonds is 7. The fourth-order valence-electron chi connectivity index (χ4n) is 2.29. The molecule has 0 saturated heterocycles. The van der Waals surface area contributed by atoms with E-state index in [9.17, 15) is 0 Å². The first-order valence-electron chi connectivity index (χ1n) is 7.11. The quantitative estimate of drug-likeness (QED) is 0.527. The van der Waals surface area contributed by atoms with Crippen LogP contribution in [0.1, 0.15) is 36.0 Å². The molecular weight excluding hydrogens is 248 g/mol. The molecular formula is C18H22S. The third-order valence-corrected chi connectivity index (χ3v) is 3.84. The van der Waals surface area contributed by atoms with Crippen molar-refractivity contribution >= 4 is 12.6 Å². The molecule has 0 atom stereocenters. The summed E-state index contributed by atoms with van der Waals surface area (Å²) in [6, 6.07) is 19.6. The first-order chi connectivity index (χ1) is 9.38. The Bertz CT molecular complexity index is 459. The first-order valence-corrected chi connectivity index (χ1v) is 7.74. The second kappa shape index (κ2) is 8.06. The lowest BCUT2D eigenvalue weighted by molar-refractivity contribution is 0.678. The highest BCUT2D eigenvalue weighted by Crippen LogP contribution is 2.12. The molecule has 0 aliphatic rings. The predicted molar refractivity (Wildman–Crippen MR) is 86.8 cm³/mol. The van der Waals surface area contributed by atoms with Gasteiger partial charge in [0.25, 0.3) is 0 Å². The van der Waals surface area contributed by atoms with Crippen LogP contribution in [0.5, 0.6) is 0 Å². The maximum Gasteiger partial charge on any atom is 0.0154 e. The zero-order valence-corrected chi connectivity index (χ0v) is 12.3. The van der Waals surface area contributed by atoms with E-state index >= 15 is 0 Å². The fraction of sp³-hybridized carbons (Fsp3) is 0.333. The molecule has 0 heterocycles. The summed E-state index contributed by atoms with van der Waals surface area (Å²) in [5.74, 6) is 0.831. The third kappa shape index (κ3) is 5.12. The highest BCUT2D eigenvalue weighted by atomic mass is 32.1. The van der Waals surface area contributed by atoms with E-state index in [0.717, 1.165) is 5.75 Å². The molecule has 0 N–H and O–H groups in total. The smallest absolute Gasteiger partial charge is 0.0154 e. The van der Waals surface area contributed by atoms with Crippen molar-refractivity contribution in [1.29, 1.82) is 0 Å². The van der Waals surface area contributed by atoms with Crippen LogP contribution in [0, 0.1) is 0 Å². The second-order valence-corrected chi connectivity index (χ2v) is 5.34. The van der Waals surface area contributed by atoms with Gasteiger partial charge in [-0.05, 0) is 42.4 Å². The van der Waals surface area contributed by atoms with Crippen LogP contribution in [-0.4, -0.2) is 0 Å². The second-order valence-electron chi connectivity index (χ2n) is 5.02. The van der Waals surface area contributed by atoms with Gasteiger partial charge in [0.05, 0.1) is 0 Å². The van der Waals surface area contributed by atoms with E-state index in [-0.39, 0.29) is 0 Å². The third-order valence-electron chi connectivity index (χ3n) is 3.48. The van der Waals surface area contributed by atoms with Gasteiger partial charge in [-0.15, -0.1) is 0 Å². The van der Waals surface area contributed by atoms with Gasteiger partial charge < -0.3 is 0 Å². The Morgan fingerprint density at radius 3 is 1.68 bits per heavy atom. The van der Waals surface area contributed by atoms with Crippen LogP contribution < -0.4 is 0 Å². The summed E-state index contributed by atoms with van der Waals surface area (Å²) in [7, 11) is 0. The van der Waals surface area contributed by atoms with Gasteiger partial charge in [0.2, 0.25) is 0 Å². The van der Waals surface area contributed by atoms with Crippen LogP contribution in [0.4, 0.5) is 0 Å². The van der Waals surface area contributed by atoms with Crippen LogP contribution in [0.2, 0.25) is 0 Å². The topological polar surface area (TPSA) is 0 Å². The highest BCUT2D eigenvalue weighted by Gasteiger charge is 1.96. The molecule has 0 spiro atoms. The minimum Gasteiger partial charge on any atom is -0.175 e. The van der Waals surface area contributed by atoms with Crippen molar-refractivity contribution in [2.24, 2.45) is 0 Å². The molecule has 0 radical (unpaired) electrons. The van der Waals surface area contributed by atoms with Crippen molar-refractivity contribution in [3.05, 3.63) is 71.3 Å². The summed E-state index contributed by atoms with van der Waals surface area (Å²) < 4.78 is 0. The molecule has 19 heavy (non-hydrogen) atoms. The van der Waals surface area contributed by atoms with Crippen LogP contribution >= 0.6 is 12.6 Å². The van der Waals surface area contributed by atoms with Crippen LogP contribution in [0.25, 0.3) is 0 Å². The summed E-state index contributed by atoms with van der Waals surface area (Å²) >= 11 is 4.28. The number of hydrogen-bond acceptors (Lipinski definition) is 1. The summed E-state index contributed by atoms with van der Waals surface area (Å²) in [6.07, 6.45) is 6.29. The Morgan fingerprint density at radius 2 is 1.11 bits per heavy atom. The monoisotopic (exact) mass is 270 g/mol. The molecule has 2 rings (SSSR count). The van der Waals surface area contributed by atoms with E-state index in [1.165, 1.54) is 48.8 Å². The van der Waals surface area contributed by atoms with Gasteiger partial charge in [-0.25, -0.2) is 0 Å². The summed E-state index contributed by atoms with van der Waals surface area (Å²) in [5, 5.41) is 0. The van der Waals surface area contributed by atoms with Crippen molar-refractivity contribution in [2.45, 2.75) is 37.9 Å². The Kier molecular flexibility index (Phi) is 6.03. The lowest BCUT2D eigenvalue weighted by Crippen LogP contribution is -1.89. The van der Waals surface area contributed by atoms with Crippen molar-refractivity contribution in [3.63, 3.8) is 0 Å². The number of aryl methyl sites for hydroxylation is 2. The lowest BCUT2D eigenvalue weighted by Gasteiger charge is -2.04. The lowest BCUT2D eigenvalue weighted by atomic mass is 10.0. The standard InChI is InChI=1S/C18H22S/c19-15-18-13-11-17(12-14-18)10-6-2-5-9-16-7-3-1-4-8-16/h1,3-4,7-8,11-14,19H,2,5-6,9-10,15H2. The Morgan fingerprint density at radius 1 is 0.579 bits per heavy atom. The molecule has 0 amide bonds. The molecule has 2 aromatic carbocycles. The molecule has 0 bridgehead atoms. The first kappa shape index (κ1) is 14.2. The molecule has 2 aromatic rings. The van der Waals surface area contributed by atoms with E-state index in [1.807, 2.05) is 0 Å². The maximum atomic E-state index is 4.28. The molecule has 0 unspecified atom stereocenters. The van der Waals surface area contributed by atoms with E-state index < -0.39 is 0 Å². The van der Waals surface area contributed by atoms with E-state index in [0.29, 0.717) is 0 Å². The molecule has 0 fully saturated rings. The highest BCUT2D eigenvalue weighted by molar-refractivity contribution is 7.79. The van der Waals surface area contributed by atoms with Gasteiger partial charge in [-0.1, -0.05) is 61.0 Å². The Labute approximate surface area is 122 Å². The van der Waals surface area contributed by atoms with E-state index in [2.05, 4.69) is 67.2 Å². The van der Waals surface area contributed by atoms with Gasteiger partial charge in [-0.2, -0.15) is 12.6 Å². The zero-order valence-electron chi connectivity index (χ0n) is 11.4. The molecule has 0 aliphatic carbocycles. The van der Waals surface area contributed by atoms with Crippen molar-refractivity contribution in [1.82, 2.24) is 0 Å². The van der Waals surface area contributed by atoms with Crippen LogP contribution in [-0.2, 0) is 18.6 Å². The van der Waals surface area contributed by atoms with Gasteiger partial charge in [0.15, 0.2) is 0 Å². The largest absolute Gasteiger partial charge is 0.175 e. The number of hydrogen-bond donors (Lipinski definition) is 1. The van der Waals surface area contributed by atoms with Crippen molar-refractivity contribution < 1.29 is 0 Å². The minimum absolute atomic E-state index is 0.831. The van der Waals surface area contributed by atoms with Gasteiger partial charge in [-0.3, -0.25) is 0 Å². The molecule has 0 nitrogen and oxygen atoms in total. The SMILES string of the molecule is SCc1ccc(CCCCCc2ccccc2)cc1. The van der Waals surface area contributed by atoms with Crippen molar-refractivity contribution in [2.75, 3.05) is 0 Å². The average molecular weight is 270 g/mol. The maximum absolute atomic E-state index is 4.28. The molecule has 0 aliphatic heterocycles. The summed E-state index contributed by atoms with van der Waals surface area (Å²) in [5.41, 5.74) is 4.21. The normalized spacial score (nSPS) is 10.6. The van der Waals surface area contributed by atoms with Gasteiger partial charge in [0.1, 0.15) is 0 Å². The fourth-order valence-corrected chi connectivity index (χ4v) is 2.50.